The van der Waals surface area contributed by atoms with Crippen molar-refractivity contribution in [1.82, 2.24) is 0 Å². The number of ether oxygens (including phenoxy) is 3. The topological polar surface area (TPSA) is 73.9 Å². The number of hydrogen-bond donors (Lipinski definition) is 1. The lowest BCUT2D eigenvalue weighted by Gasteiger charge is -2.17. The molecule has 33 heavy (non-hydrogen) atoms. The Balaban J connectivity index is 1.82. The molecule has 0 bridgehead atoms. The fourth-order valence-corrected chi connectivity index (χ4v) is 3.62. The Labute approximate surface area is 201 Å². The third-order valence-corrected chi connectivity index (χ3v) is 4.97. The van der Waals surface area contributed by atoms with Crippen LogP contribution >= 0.6 is 23.2 Å². The van der Waals surface area contributed by atoms with Crippen molar-refractivity contribution in [2.75, 3.05) is 19.5 Å². The maximum atomic E-state index is 13.0. The van der Waals surface area contributed by atoms with Gasteiger partial charge in [-0.15, -0.1) is 0 Å². The van der Waals surface area contributed by atoms with E-state index in [9.17, 15) is 9.59 Å². The summed E-state index contributed by atoms with van der Waals surface area (Å²) in [5, 5.41) is 3.41. The van der Waals surface area contributed by atoms with Crippen LogP contribution < -0.4 is 14.8 Å². The maximum absolute atomic E-state index is 13.0. The SMILES string of the molecule is COc1cccc(/C=C/C(=O)O[C@H](C(=O)Nc2cc(Cl)cc(Cl)c2)c2ccccc2)c1OC. The quantitative estimate of drug-likeness (QED) is 0.315. The molecule has 0 heterocycles. The lowest BCUT2D eigenvalue weighted by molar-refractivity contribution is -0.149. The monoisotopic (exact) mass is 485 g/mol. The fourth-order valence-electron chi connectivity index (χ4n) is 3.09. The number of rotatable bonds is 8. The van der Waals surface area contributed by atoms with Crippen LogP contribution in [0.15, 0.2) is 72.8 Å². The van der Waals surface area contributed by atoms with Crippen LogP contribution in [0.5, 0.6) is 11.5 Å². The average molecular weight is 486 g/mol. The number of nitrogens with one attached hydrogen (secondary N) is 1. The molecule has 0 unspecified atom stereocenters. The van der Waals surface area contributed by atoms with Crippen LogP contribution in [0.1, 0.15) is 17.2 Å². The van der Waals surface area contributed by atoms with E-state index in [4.69, 9.17) is 37.4 Å². The van der Waals surface area contributed by atoms with Crippen molar-refractivity contribution in [3.63, 3.8) is 0 Å². The summed E-state index contributed by atoms with van der Waals surface area (Å²) in [6.45, 7) is 0. The van der Waals surface area contributed by atoms with Gasteiger partial charge in [0.05, 0.1) is 14.2 Å². The van der Waals surface area contributed by atoms with Gasteiger partial charge in [0.15, 0.2) is 11.5 Å². The number of carbonyl (C=O) groups excluding carboxylic acids is 2. The average Bonchev–Trinajstić information content (AvgIpc) is 2.80. The summed E-state index contributed by atoms with van der Waals surface area (Å²) in [5.74, 6) is -0.276. The molecule has 1 N–H and O–H groups in total. The van der Waals surface area contributed by atoms with Crippen LogP contribution in [0.25, 0.3) is 6.08 Å². The Morgan fingerprint density at radius 3 is 2.24 bits per heavy atom. The largest absolute Gasteiger partial charge is 0.493 e. The van der Waals surface area contributed by atoms with E-state index in [0.29, 0.717) is 38.4 Å². The summed E-state index contributed by atoms with van der Waals surface area (Å²) in [5.41, 5.74) is 1.50. The number of halogens is 2. The summed E-state index contributed by atoms with van der Waals surface area (Å²) in [4.78, 5) is 25.6. The van der Waals surface area contributed by atoms with Crippen molar-refractivity contribution in [3.05, 3.63) is 94.0 Å². The summed E-state index contributed by atoms with van der Waals surface area (Å²) < 4.78 is 16.1. The number of amides is 1. The van der Waals surface area contributed by atoms with Gasteiger partial charge in [-0.05, 0) is 30.3 Å². The Morgan fingerprint density at radius 1 is 0.909 bits per heavy atom. The highest BCUT2D eigenvalue weighted by molar-refractivity contribution is 6.35. The lowest BCUT2D eigenvalue weighted by Crippen LogP contribution is -2.25. The van der Waals surface area contributed by atoms with Gasteiger partial charge < -0.3 is 19.5 Å². The highest BCUT2D eigenvalue weighted by atomic mass is 35.5. The Bertz CT molecular complexity index is 1140. The van der Waals surface area contributed by atoms with Crippen LogP contribution in [0.3, 0.4) is 0 Å². The zero-order valence-electron chi connectivity index (χ0n) is 17.9. The van der Waals surface area contributed by atoms with E-state index in [1.165, 1.54) is 26.4 Å². The van der Waals surface area contributed by atoms with Gasteiger partial charge in [-0.3, -0.25) is 4.79 Å². The number of benzene rings is 3. The second-order valence-electron chi connectivity index (χ2n) is 6.79. The number of para-hydroxylation sites is 1. The molecule has 3 rings (SSSR count). The van der Waals surface area contributed by atoms with Gasteiger partial charge in [0.25, 0.3) is 5.91 Å². The van der Waals surface area contributed by atoms with Gasteiger partial charge in [-0.1, -0.05) is 65.7 Å². The van der Waals surface area contributed by atoms with Crippen molar-refractivity contribution in [2.24, 2.45) is 0 Å². The molecule has 0 aliphatic rings. The predicted molar refractivity (Wildman–Crippen MR) is 129 cm³/mol. The normalized spacial score (nSPS) is 11.6. The van der Waals surface area contributed by atoms with Gasteiger partial charge in [-0.25, -0.2) is 4.79 Å². The minimum absolute atomic E-state index is 0.362. The molecule has 0 spiro atoms. The summed E-state index contributed by atoms with van der Waals surface area (Å²) in [6.07, 6.45) is 1.55. The summed E-state index contributed by atoms with van der Waals surface area (Å²) in [7, 11) is 3.03. The smallest absolute Gasteiger partial charge is 0.331 e. The fraction of sp³-hybridized carbons (Fsp3) is 0.120. The molecule has 0 aromatic heterocycles. The van der Waals surface area contributed by atoms with Gasteiger partial charge >= 0.3 is 5.97 Å². The molecular weight excluding hydrogens is 465 g/mol. The number of hydrogen-bond acceptors (Lipinski definition) is 5. The molecular formula is C25H21Cl2NO5. The van der Waals surface area contributed by atoms with Crippen molar-refractivity contribution >= 4 is 46.8 Å². The third-order valence-electron chi connectivity index (χ3n) is 4.54. The molecule has 0 radical (unpaired) electrons. The van der Waals surface area contributed by atoms with Crippen molar-refractivity contribution < 1.29 is 23.8 Å². The molecule has 3 aromatic rings. The third kappa shape index (κ3) is 6.51. The van der Waals surface area contributed by atoms with Crippen molar-refractivity contribution in [3.8, 4) is 11.5 Å². The number of carbonyl (C=O) groups is 2. The first-order chi connectivity index (χ1) is 15.9. The van der Waals surface area contributed by atoms with Crippen LogP contribution in [-0.4, -0.2) is 26.1 Å². The maximum Gasteiger partial charge on any atom is 0.331 e. The van der Waals surface area contributed by atoms with Gasteiger partial charge in [0, 0.05) is 32.9 Å². The van der Waals surface area contributed by atoms with Crippen LogP contribution in [0.2, 0.25) is 10.0 Å². The molecule has 0 aliphatic carbocycles. The van der Waals surface area contributed by atoms with Crippen LogP contribution in [0, 0.1) is 0 Å². The minimum Gasteiger partial charge on any atom is -0.493 e. The predicted octanol–water partition coefficient (Wildman–Crippen LogP) is 5.95. The zero-order valence-corrected chi connectivity index (χ0v) is 19.4. The molecule has 1 atom stereocenters. The molecule has 170 valence electrons. The molecule has 0 aliphatic heterocycles. The van der Waals surface area contributed by atoms with E-state index in [-0.39, 0.29) is 0 Å². The number of esters is 1. The molecule has 6 nitrogen and oxygen atoms in total. The summed E-state index contributed by atoms with van der Waals surface area (Å²) >= 11 is 12.0. The van der Waals surface area contributed by atoms with Gasteiger partial charge in [0.2, 0.25) is 6.10 Å². The van der Waals surface area contributed by atoms with Crippen LogP contribution in [0.4, 0.5) is 5.69 Å². The molecule has 1 amide bonds. The lowest BCUT2D eigenvalue weighted by atomic mass is 10.1. The van der Waals surface area contributed by atoms with E-state index in [1.54, 1.807) is 66.7 Å². The van der Waals surface area contributed by atoms with E-state index in [1.807, 2.05) is 0 Å². The standard InChI is InChI=1S/C25H21Cl2NO5/c1-31-21-10-6-9-17(23(21)32-2)11-12-22(29)33-24(16-7-4-3-5-8-16)25(30)28-20-14-18(26)13-19(27)15-20/h3-15,24H,1-2H3,(H,28,30)/b12-11+/t24-/m0/s1. The molecule has 3 aromatic carbocycles. The first kappa shape index (κ1) is 24.2. The first-order valence-electron chi connectivity index (χ1n) is 9.83. The van der Waals surface area contributed by atoms with Gasteiger partial charge in [-0.2, -0.15) is 0 Å². The molecule has 0 fully saturated rings. The number of anilines is 1. The Hall–Kier alpha value is -3.48. The second kappa shape index (κ2) is 11.4. The van der Waals surface area contributed by atoms with E-state index in [0.717, 1.165) is 0 Å². The number of methoxy groups -OCH3 is 2. The van der Waals surface area contributed by atoms with Crippen LogP contribution in [-0.2, 0) is 14.3 Å². The minimum atomic E-state index is -1.20. The molecule has 0 saturated heterocycles. The van der Waals surface area contributed by atoms with E-state index >= 15 is 0 Å². The Morgan fingerprint density at radius 2 is 1.61 bits per heavy atom. The second-order valence-corrected chi connectivity index (χ2v) is 7.66. The Kier molecular flexibility index (Phi) is 8.35. The summed E-state index contributed by atoms with van der Waals surface area (Å²) in [6, 6.07) is 18.6. The van der Waals surface area contributed by atoms with E-state index in [2.05, 4.69) is 5.32 Å². The van der Waals surface area contributed by atoms with Crippen molar-refractivity contribution in [2.45, 2.75) is 6.10 Å². The first-order valence-corrected chi connectivity index (χ1v) is 10.6. The highest BCUT2D eigenvalue weighted by Gasteiger charge is 2.24. The zero-order chi connectivity index (χ0) is 23.8. The highest BCUT2D eigenvalue weighted by Crippen LogP contribution is 2.31. The van der Waals surface area contributed by atoms with Gasteiger partial charge in [0.1, 0.15) is 0 Å². The van der Waals surface area contributed by atoms with Crippen molar-refractivity contribution in [1.29, 1.82) is 0 Å². The molecule has 8 heteroatoms. The van der Waals surface area contributed by atoms with E-state index < -0.39 is 18.0 Å². The molecule has 0 saturated carbocycles.